The van der Waals surface area contributed by atoms with E-state index in [1.165, 1.54) is 48.9 Å². The van der Waals surface area contributed by atoms with E-state index in [1.807, 2.05) is 0 Å². The predicted molar refractivity (Wildman–Crippen MR) is 80.9 cm³/mol. The maximum Gasteiger partial charge on any atom is 0.0343 e. The molecule has 0 saturated carbocycles. The molecule has 0 spiro atoms. The molecule has 1 N–H and O–H groups in total. The Morgan fingerprint density at radius 2 is 2.00 bits per heavy atom. The van der Waals surface area contributed by atoms with Gasteiger partial charge >= 0.3 is 0 Å². The Balaban J connectivity index is 1.96. The lowest BCUT2D eigenvalue weighted by Gasteiger charge is -2.23. The molecule has 1 aromatic rings. The molecule has 3 heteroatoms. The third kappa shape index (κ3) is 3.81. The summed E-state index contributed by atoms with van der Waals surface area (Å²) in [6, 6.07) is 9.03. The Hall–Kier alpha value is -0.380. The summed E-state index contributed by atoms with van der Waals surface area (Å²) in [7, 11) is 0. The van der Waals surface area contributed by atoms with E-state index in [9.17, 15) is 0 Å². The molecule has 1 aliphatic heterocycles. The number of likely N-dealkylation sites (tertiary alicyclic amines) is 1. The van der Waals surface area contributed by atoms with E-state index >= 15 is 0 Å². The predicted octanol–water partition coefficient (Wildman–Crippen LogP) is 3.59. The molecule has 1 aromatic carbocycles. The van der Waals surface area contributed by atoms with E-state index in [0.717, 1.165) is 6.54 Å². The molecule has 1 heterocycles. The molecule has 2 rings (SSSR count). The molecule has 1 saturated heterocycles. The van der Waals surface area contributed by atoms with Crippen LogP contribution in [-0.2, 0) is 0 Å². The standard InChI is InChI=1S/C15H23BrN2/c1-2-17-15(9-12-18-10-5-6-11-18)13-7-3-4-8-14(13)16/h3-4,7-8,15,17H,2,5-6,9-12H2,1H3. The van der Waals surface area contributed by atoms with E-state index in [0.29, 0.717) is 6.04 Å². The van der Waals surface area contributed by atoms with Crippen LogP contribution in [0.1, 0.15) is 37.8 Å². The van der Waals surface area contributed by atoms with Crippen molar-refractivity contribution in [3.63, 3.8) is 0 Å². The molecule has 1 atom stereocenters. The van der Waals surface area contributed by atoms with E-state index in [2.05, 4.69) is 57.3 Å². The first-order valence-corrected chi connectivity index (χ1v) is 7.80. The maximum absolute atomic E-state index is 3.67. The number of rotatable bonds is 6. The molecule has 0 aromatic heterocycles. The van der Waals surface area contributed by atoms with E-state index in [-0.39, 0.29) is 0 Å². The summed E-state index contributed by atoms with van der Waals surface area (Å²) in [6.45, 7) is 6.98. The number of nitrogens with zero attached hydrogens (tertiary/aromatic N) is 1. The summed E-state index contributed by atoms with van der Waals surface area (Å²) in [6.07, 6.45) is 3.94. The van der Waals surface area contributed by atoms with Crippen LogP contribution in [0.2, 0.25) is 0 Å². The van der Waals surface area contributed by atoms with Gasteiger partial charge in [-0.1, -0.05) is 41.1 Å². The van der Waals surface area contributed by atoms with Crippen LogP contribution in [-0.4, -0.2) is 31.1 Å². The minimum Gasteiger partial charge on any atom is -0.310 e. The normalized spacial score (nSPS) is 18.1. The molecule has 0 aliphatic carbocycles. The largest absolute Gasteiger partial charge is 0.310 e. The molecule has 0 radical (unpaired) electrons. The molecular weight excluding hydrogens is 288 g/mol. The zero-order valence-corrected chi connectivity index (χ0v) is 12.7. The van der Waals surface area contributed by atoms with Crippen LogP contribution in [0.3, 0.4) is 0 Å². The average Bonchev–Trinajstić information content (AvgIpc) is 2.88. The second kappa shape index (κ2) is 7.27. The fourth-order valence-electron chi connectivity index (χ4n) is 2.69. The van der Waals surface area contributed by atoms with Gasteiger partial charge in [0.25, 0.3) is 0 Å². The third-order valence-electron chi connectivity index (χ3n) is 3.66. The van der Waals surface area contributed by atoms with Crippen molar-refractivity contribution in [3.8, 4) is 0 Å². The van der Waals surface area contributed by atoms with Gasteiger partial charge in [-0.25, -0.2) is 0 Å². The van der Waals surface area contributed by atoms with Gasteiger partial charge in [0.1, 0.15) is 0 Å². The topological polar surface area (TPSA) is 15.3 Å². The maximum atomic E-state index is 3.67. The summed E-state index contributed by atoms with van der Waals surface area (Å²) in [5.74, 6) is 0. The monoisotopic (exact) mass is 310 g/mol. The fourth-order valence-corrected chi connectivity index (χ4v) is 3.25. The van der Waals surface area contributed by atoms with E-state index < -0.39 is 0 Å². The van der Waals surface area contributed by atoms with Gasteiger partial charge in [0.05, 0.1) is 0 Å². The van der Waals surface area contributed by atoms with Crippen molar-refractivity contribution in [2.24, 2.45) is 0 Å². The van der Waals surface area contributed by atoms with Crippen LogP contribution in [0.4, 0.5) is 0 Å². The van der Waals surface area contributed by atoms with Crippen molar-refractivity contribution in [2.75, 3.05) is 26.2 Å². The van der Waals surface area contributed by atoms with Crippen molar-refractivity contribution in [1.82, 2.24) is 10.2 Å². The Labute approximate surface area is 119 Å². The molecule has 1 fully saturated rings. The van der Waals surface area contributed by atoms with E-state index in [4.69, 9.17) is 0 Å². The van der Waals surface area contributed by atoms with Crippen LogP contribution in [0.15, 0.2) is 28.7 Å². The molecule has 0 bridgehead atoms. The van der Waals surface area contributed by atoms with Crippen molar-refractivity contribution in [2.45, 2.75) is 32.2 Å². The Morgan fingerprint density at radius 1 is 1.28 bits per heavy atom. The first-order chi connectivity index (χ1) is 8.81. The van der Waals surface area contributed by atoms with Gasteiger partial charge in [-0.3, -0.25) is 0 Å². The molecule has 1 aliphatic rings. The zero-order chi connectivity index (χ0) is 12.8. The van der Waals surface area contributed by atoms with Gasteiger partial charge in [0.15, 0.2) is 0 Å². The van der Waals surface area contributed by atoms with Crippen LogP contribution >= 0.6 is 15.9 Å². The summed E-state index contributed by atoms with van der Waals surface area (Å²) >= 11 is 3.67. The SMILES string of the molecule is CCNC(CCN1CCCC1)c1ccccc1Br. The molecule has 18 heavy (non-hydrogen) atoms. The highest BCUT2D eigenvalue weighted by atomic mass is 79.9. The van der Waals surface area contributed by atoms with Crippen molar-refractivity contribution in [1.29, 1.82) is 0 Å². The van der Waals surface area contributed by atoms with Crippen molar-refractivity contribution < 1.29 is 0 Å². The third-order valence-corrected chi connectivity index (χ3v) is 4.39. The highest BCUT2D eigenvalue weighted by Gasteiger charge is 2.16. The lowest BCUT2D eigenvalue weighted by Crippen LogP contribution is -2.28. The molecule has 100 valence electrons. The van der Waals surface area contributed by atoms with Crippen molar-refractivity contribution in [3.05, 3.63) is 34.3 Å². The van der Waals surface area contributed by atoms with Gasteiger partial charge in [0.2, 0.25) is 0 Å². The van der Waals surface area contributed by atoms with Gasteiger partial charge < -0.3 is 10.2 Å². The summed E-state index contributed by atoms with van der Waals surface area (Å²) in [4.78, 5) is 2.58. The average molecular weight is 311 g/mol. The number of hydrogen-bond donors (Lipinski definition) is 1. The lowest BCUT2D eigenvalue weighted by molar-refractivity contribution is 0.311. The first-order valence-electron chi connectivity index (χ1n) is 7.01. The number of halogens is 1. The highest BCUT2D eigenvalue weighted by molar-refractivity contribution is 9.10. The fraction of sp³-hybridized carbons (Fsp3) is 0.600. The van der Waals surface area contributed by atoms with Gasteiger partial charge in [0, 0.05) is 10.5 Å². The van der Waals surface area contributed by atoms with Gasteiger partial charge in [-0.05, 0) is 57.1 Å². The van der Waals surface area contributed by atoms with Gasteiger partial charge in [-0.2, -0.15) is 0 Å². The summed E-state index contributed by atoms with van der Waals surface area (Å²) in [5, 5.41) is 3.61. The first kappa shape index (κ1) is 14.0. The summed E-state index contributed by atoms with van der Waals surface area (Å²) in [5.41, 5.74) is 1.39. The molecule has 2 nitrogen and oxygen atoms in total. The lowest BCUT2D eigenvalue weighted by atomic mass is 10.0. The van der Waals surface area contributed by atoms with Gasteiger partial charge in [-0.15, -0.1) is 0 Å². The Kier molecular flexibility index (Phi) is 5.67. The number of benzene rings is 1. The minimum absolute atomic E-state index is 0.464. The summed E-state index contributed by atoms with van der Waals surface area (Å²) < 4.78 is 1.22. The second-order valence-corrected chi connectivity index (χ2v) is 5.82. The van der Waals surface area contributed by atoms with Crippen LogP contribution < -0.4 is 5.32 Å². The molecular formula is C15H23BrN2. The number of nitrogens with one attached hydrogen (secondary N) is 1. The van der Waals surface area contributed by atoms with Crippen LogP contribution in [0.5, 0.6) is 0 Å². The molecule has 1 unspecified atom stereocenters. The van der Waals surface area contributed by atoms with Crippen molar-refractivity contribution >= 4 is 15.9 Å². The smallest absolute Gasteiger partial charge is 0.0343 e. The quantitative estimate of drug-likeness (QED) is 0.864. The Morgan fingerprint density at radius 3 is 2.67 bits per heavy atom. The van der Waals surface area contributed by atoms with Crippen LogP contribution in [0, 0.1) is 0 Å². The number of hydrogen-bond acceptors (Lipinski definition) is 2. The second-order valence-electron chi connectivity index (χ2n) is 4.97. The highest BCUT2D eigenvalue weighted by Crippen LogP contribution is 2.26. The molecule has 0 amide bonds. The minimum atomic E-state index is 0.464. The Bertz CT molecular complexity index is 361. The zero-order valence-electron chi connectivity index (χ0n) is 11.2. The van der Waals surface area contributed by atoms with Crippen LogP contribution in [0.25, 0.3) is 0 Å². The van der Waals surface area contributed by atoms with E-state index in [1.54, 1.807) is 0 Å².